The summed E-state index contributed by atoms with van der Waals surface area (Å²) in [4.78, 5) is 24.5. The van der Waals surface area contributed by atoms with Gasteiger partial charge in [0.1, 0.15) is 11.5 Å². The highest BCUT2D eigenvalue weighted by Gasteiger charge is 2.43. The van der Waals surface area contributed by atoms with E-state index in [0.717, 1.165) is 22.4 Å². The Kier molecular flexibility index (Phi) is 3.38. The second-order valence-corrected chi connectivity index (χ2v) is 5.11. The Morgan fingerprint density at radius 3 is 2.59 bits per heavy atom. The number of aromatic amines is 1. The van der Waals surface area contributed by atoms with Crippen LogP contribution >= 0.6 is 11.8 Å². The number of nitrogens with one attached hydrogen (secondary N) is 1. The lowest BCUT2D eigenvalue weighted by Crippen LogP contribution is -2.37. The number of aliphatic hydroxyl groups excluding tert-OH is 3. The normalized spacial score (nSPS) is 32.9. The van der Waals surface area contributed by atoms with Gasteiger partial charge in [-0.3, -0.25) is 14.3 Å². The number of aliphatic hydroxyl groups is 3. The third-order valence-corrected chi connectivity index (χ3v) is 4.20. The number of hydrogen-bond donors (Lipinski definition) is 4. The molecule has 7 nitrogen and oxygen atoms in total. The van der Waals surface area contributed by atoms with Gasteiger partial charge in [-0.2, -0.15) is 0 Å². The predicted octanol–water partition coefficient (Wildman–Crippen LogP) is -2.14. The summed E-state index contributed by atoms with van der Waals surface area (Å²) < 4.78 is 1.13. The van der Waals surface area contributed by atoms with Crippen LogP contribution in [-0.4, -0.2) is 48.9 Å². The second kappa shape index (κ2) is 4.65. The lowest BCUT2D eigenvalue weighted by atomic mass is 10.1. The van der Waals surface area contributed by atoms with Gasteiger partial charge in [-0.15, -0.1) is 11.8 Å². The van der Waals surface area contributed by atoms with Gasteiger partial charge in [-0.25, -0.2) is 4.79 Å². The van der Waals surface area contributed by atoms with E-state index in [0.29, 0.717) is 0 Å². The monoisotopic (exact) mass is 260 g/mol. The fourth-order valence-electron chi connectivity index (χ4n) is 1.74. The molecule has 1 aromatic heterocycles. The molecular formula is C9H12N2O5S. The first-order valence-electron chi connectivity index (χ1n) is 4.98. The van der Waals surface area contributed by atoms with E-state index in [9.17, 15) is 19.8 Å². The van der Waals surface area contributed by atoms with Crippen molar-refractivity contribution in [2.45, 2.75) is 22.8 Å². The molecule has 17 heavy (non-hydrogen) atoms. The minimum absolute atomic E-state index is 0.294. The zero-order valence-electron chi connectivity index (χ0n) is 8.68. The molecule has 1 fully saturated rings. The van der Waals surface area contributed by atoms with Crippen molar-refractivity contribution < 1.29 is 15.3 Å². The third kappa shape index (κ3) is 2.16. The van der Waals surface area contributed by atoms with E-state index in [2.05, 4.69) is 4.98 Å². The fraction of sp³-hybridized carbons (Fsp3) is 0.556. The summed E-state index contributed by atoms with van der Waals surface area (Å²) in [6.07, 6.45) is -1.01. The molecule has 1 aliphatic heterocycles. The van der Waals surface area contributed by atoms with Gasteiger partial charge in [0.15, 0.2) is 0 Å². The maximum Gasteiger partial charge on any atom is 0.329 e. The van der Waals surface area contributed by atoms with Gasteiger partial charge in [0.05, 0.1) is 18.0 Å². The molecule has 0 saturated carbocycles. The highest BCUT2D eigenvalue weighted by Crippen LogP contribution is 2.40. The first kappa shape index (κ1) is 12.4. The van der Waals surface area contributed by atoms with Crippen LogP contribution in [-0.2, 0) is 0 Å². The van der Waals surface area contributed by atoms with Crippen LogP contribution in [0.25, 0.3) is 0 Å². The highest BCUT2D eigenvalue weighted by atomic mass is 32.2. The van der Waals surface area contributed by atoms with Gasteiger partial charge in [-0.05, 0) is 0 Å². The zero-order chi connectivity index (χ0) is 12.6. The lowest BCUT2D eigenvalue weighted by molar-refractivity contribution is 0.0101. The van der Waals surface area contributed by atoms with Crippen LogP contribution in [0.5, 0.6) is 0 Å². The Hall–Kier alpha value is -1.09. The molecule has 1 aromatic rings. The molecule has 8 heteroatoms. The van der Waals surface area contributed by atoms with E-state index < -0.39 is 34.1 Å². The summed E-state index contributed by atoms with van der Waals surface area (Å²) in [5.41, 5.74) is -1.18. The van der Waals surface area contributed by atoms with Crippen LogP contribution in [0.3, 0.4) is 0 Å². The maximum absolute atomic E-state index is 11.5. The molecule has 0 amide bonds. The van der Waals surface area contributed by atoms with Crippen LogP contribution in [0, 0.1) is 0 Å². The van der Waals surface area contributed by atoms with Gasteiger partial charge < -0.3 is 15.3 Å². The van der Waals surface area contributed by atoms with Crippen LogP contribution in [0.4, 0.5) is 0 Å². The molecule has 0 aliphatic carbocycles. The average molecular weight is 260 g/mol. The Morgan fingerprint density at radius 1 is 1.35 bits per heavy atom. The SMILES string of the molecule is O=c1ccn([C@@H]2S[C@H](CO)[C@@H](O)[C@@H]2O)c(=O)[nH]1. The van der Waals surface area contributed by atoms with E-state index in [1.807, 2.05) is 0 Å². The molecule has 0 aromatic carbocycles. The minimum atomic E-state index is -1.17. The van der Waals surface area contributed by atoms with Gasteiger partial charge in [-0.1, -0.05) is 0 Å². The smallest absolute Gasteiger partial charge is 0.329 e. The van der Waals surface area contributed by atoms with E-state index in [4.69, 9.17) is 5.11 Å². The molecule has 1 aliphatic rings. The minimum Gasteiger partial charge on any atom is -0.395 e. The number of nitrogens with zero attached hydrogens (tertiary/aromatic N) is 1. The molecule has 0 unspecified atom stereocenters. The van der Waals surface area contributed by atoms with Gasteiger partial charge in [0.2, 0.25) is 0 Å². The van der Waals surface area contributed by atoms with Gasteiger partial charge in [0, 0.05) is 12.3 Å². The van der Waals surface area contributed by atoms with Crippen LogP contribution in [0.1, 0.15) is 5.37 Å². The summed E-state index contributed by atoms with van der Waals surface area (Å²) >= 11 is 1.09. The Labute approximate surface area is 99.7 Å². The zero-order valence-corrected chi connectivity index (χ0v) is 9.50. The fourth-order valence-corrected chi connectivity index (χ4v) is 3.12. The molecule has 4 N–H and O–H groups in total. The third-order valence-electron chi connectivity index (χ3n) is 2.64. The van der Waals surface area contributed by atoms with Crippen molar-refractivity contribution >= 4 is 11.8 Å². The quantitative estimate of drug-likeness (QED) is 0.482. The molecule has 2 heterocycles. The molecule has 94 valence electrons. The average Bonchev–Trinajstić information content (AvgIpc) is 2.57. The predicted molar refractivity (Wildman–Crippen MR) is 60.8 cm³/mol. The van der Waals surface area contributed by atoms with E-state index in [1.165, 1.54) is 6.20 Å². The molecular weight excluding hydrogens is 248 g/mol. The number of thioether (sulfide) groups is 1. The second-order valence-electron chi connectivity index (χ2n) is 3.75. The summed E-state index contributed by atoms with van der Waals surface area (Å²) in [5, 5.41) is 27.1. The lowest BCUT2D eigenvalue weighted by Gasteiger charge is -2.17. The van der Waals surface area contributed by atoms with Gasteiger partial charge in [0.25, 0.3) is 5.56 Å². The summed E-state index contributed by atoms with van der Waals surface area (Å²) in [7, 11) is 0. The van der Waals surface area contributed by atoms with E-state index in [-0.39, 0.29) is 6.61 Å². The number of H-pyrrole nitrogens is 1. The van der Waals surface area contributed by atoms with Gasteiger partial charge >= 0.3 is 5.69 Å². The topological polar surface area (TPSA) is 116 Å². The summed E-state index contributed by atoms with van der Waals surface area (Å²) in [6.45, 7) is -0.294. The van der Waals surface area contributed by atoms with Crippen molar-refractivity contribution in [3.8, 4) is 0 Å². The molecule has 1 saturated heterocycles. The van der Waals surface area contributed by atoms with Crippen molar-refractivity contribution in [2.75, 3.05) is 6.61 Å². The molecule has 0 radical (unpaired) electrons. The molecule has 0 spiro atoms. The maximum atomic E-state index is 11.5. The molecule has 4 atom stereocenters. The highest BCUT2D eigenvalue weighted by molar-refractivity contribution is 8.00. The summed E-state index contributed by atoms with van der Waals surface area (Å²) in [6, 6.07) is 1.16. The number of aromatic nitrogens is 2. The molecule has 2 rings (SSSR count). The van der Waals surface area contributed by atoms with Crippen molar-refractivity contribution in [3.05, 3.63) is 33.1 Å². The largest absolute Gasteiger partial charge is 0.395 e. The van der Waals surface area contributed by atoms with Crippen molar-refractivity contribution in [1.29, 1.82) is 0 Å². The van der Waals surface area contributed by atoms with E-state index >= 15 is 0 Å². The van der Waals surface area contributed by atoms with Crippen LogP contribution < -0.4 is 11.2 Å². The van der Waals surface area contributed by atoms with Crippen LogP contribution in [0.15, 0.2) is 21.9 Å². The van der Waals surface area contributed by atoms with Crippen molar-refractivity contribution in [3.63, 3.8) is 0 Å². The number of hydrogen-bond acceptors (Lipinski definition) is 6. The van der Waals surface area contributed by atoms with Crippen molar-refractivity contribution in [2.24, 2.45) is 0 Å². The first-order valence-corrected chi connectivity index (χ1v) is 5.93. The first-order chi connectivity index (χ1) is 8.04. The number of rotatable bonds is 2. The Bertz CT molecular complexity index is 513. The Morgan fingerprint density at radius 2 is 2.06 bits per heavy atom. The van der Waals surface area contributed by atoms with E-state index in [1.54, 1.807) is 0 Å². The Balaban J connectivity index is 2.35. The van der Waals surface area contributed by atoms with Crippen LogP contribution in [0.2, 0.25) is 0 Å². The van der Waals surface area contributed by atoms with Crippen molar-refractivity contribution in [1.82, 2.24) is 9.55 Å². The summed E-state index contributed by atoms with van der Waals surface area (Å²) in [5.74, 6) is 0. The standard InChI is InChI=1S/C9H12N2O5S/c12-3-4-6(14)7(15)8(17-4)11-2-1-5(13)10-9(11)16/h1-2,4,6-8,12,14-15H,3H2,(H,10,13,16)/t4-,6-,7+,8-/m1/s1. The molecule has 0 bridgehead atoms.